The zero-order valence-electron chi connectivity index (χ0n) is 12.5. The minimum atomic E-state index is -1.43. The highest BCUT2D eigenvalue weighted by Crippen LogP contribution is 2.20. The van der Waals surface area contributed by atoms with Crippen LogP contribution in [0.15, 0.2) is 48.5 Å². The van der Waals surface area contributed by atoms with Crippen LogP contribution in [0.4, 0.5) is 0 Å². The van der Waals surface area contributed by atoms with E-state index in [2.05, 4.69) is 73.5 Å². The molecule has 0 fully saturated rings. The van der Waals surface area contributed by atoms with E-state index in [4.69, 9.17) is 5.10 Å². The first-order chi connectivity index (χ1) is 9.47. The van der Waals surface area contributed by atoms with E-state index < -0.39 is 8.07 Å². The molecule has 1 aromatic carbocycles. The summed E-state index contributed by atoms with van der Waals surface area (Å²) in [6, 6.07) is 17.0. The number of pyridine rings is 1. The molecule has 3 heteroatoms. The van der Waals surface area contributed by atoms with Crippen molar-refractivity contribution in [3.05, 3.63) is 54.1 Å². The maximum atomic E-state index is 4.86. The van der Waals surface area contributed by atoms with Gasteiger partial charge in [0.2, 0.25) is 0 Å². The summed E-state index contributed by atoms with van der Waals surface area (Å²) in [4.78, 5) is 0. The Hall–Kier alpha value is -1.87. The van der Waals surface area contributed by atoms with Gasteiger partial charge in [-0.1, -0.05) is 56.0 Å². The Labute approximate surface area is 121 Å². The quantitative estimate of drug-likeness (QED) is 0.652. The van der Waals surface area contributed by atoms with Gasteiger partial charge in [0, 0.05) is 10.9 Å². The van der Waals surface area contributed by atoms with Crippen molar-refractivity contribution >= 4 is 18.9 Å². The van der Waals surface area contributed by atoms with Crippen LogP contribution in [0.3, 0.4) is 0 Å². The second kappa shape index (κ2) is 4.60. The van der Waals surface area contributed by atoms with Crippen LogP contribution in [0.1, 0.15) is 5.56 Å². The Balaban J connectivity index is 2.27. The van der Waals surface area contributed by atoms with Crippen LogP contribution < -0.4 is 5.32 Å². The number of nitrogens with zero attached hydrogens (tertiary/aromatic N) is 2. The summed E-state index contributed by atoms with van der Waals surface area (Å²) in [7, 11) is -1.43. The third-order valence-corrected chi connectivity index (χ3v) is 5.63. The third-order valence-electron chi connectivity index (χ3n) is 3.61. The lowest BCUT2D eigenvalue weighted by molar-refractivity contribution is 0.982. The maximum Gasteiger partial charge on any atom is 0.102 e. The van der Waals surface area contributed by atoms with Crippen LogP contribution >= 0.6 is 0 Å². The zero-order valence-corrected chi connectivity index (χ0v) is 13.5. The summed E-state index contributed by atoms with van der Waals surface area (Å²) < 4.78 is 2.16. The van der Waals surface area contributed by atoms with Crippen molar-refractivity contribution in [2.75, 3.05) is 0 Å². The van der Waals surface area contributed by atoms with Crippen LogP contribution in [0.25, 0.3) is 16.8 Å². The SMILES string of the molecule is Cc1ccc2cc(-c3ccccc3)nn2c1[Si](C)(C)C. The molecule has 20 heavy (non-hydrogen) atoms. The molecule has 102 valence electrons. The zero-order chi connectivity index (χ0) is 14.3. The standard InChI is InChI=1S/C17H20N2Si/c1-13-10-11-15-12-16(14-8-6-5-7-9-14)18-19(15)17(13)20(2,3)4/h5-12H,1-4H3. The summed E-state index contributed by atoms with van der Waals surface area (Å²) >= 11 is 0. The van der Waals surface area contributed by atoms with Crippen molar-refractivity contribution in [3.8, 4) is 11.3 Å². The molecule has 0 saturated heterocycles. The Kier molecular flexibility index (Phi) is 3.02. The first-order valence-corrected chi connectivity index (χ1v) is 10.5. The van der Waals surface area contributed by atoms with E-state index in [1.165, 1.54) is 22.0 Å². The van der Waals surface area contributed by atoms with Gasteiger partial charge in [-0.05, 0) is 24.6 Å². The molecule has 3 aromatic rings. The smallest absolute Gasteiger partial charge is 0.102 e. The molecule has 0 radical (unpaired) electrons. The predicted octanol–water partition coefficient (Wildman–Crippen LogP) is 3.85. The van der Waals surface area contributed by atoms with E-state index in [0.29, 0.717) is 0 Å². The molecule has 0 bridgehead atoms. The lowest BCUT2D eigenvalue weighted by Crippen LogP contribution is -2.44. The van der Waals surface area contributed by atoms with Gasteiger partial charge in [0.1, 0.15) is 8.07 Å². The monoisotopic (exact) mass is 280 g/mol. The number of aryl methyl sites for hydroxylation is 1. The number of benzene rings is 1. The molecular weight excluding hydrogens is 260 g/mol. The fraction of sp³-hybridized carbons (Fsp3) is 0.235. The lowest BCUT2D eigenvalue weighted by atomic mass is 10.1. The van der Waals surface area contributed by atoms with E-state index in [-0.39, 0.29) is 0 Å². The van der Waals surface area contributed by atoms with Crippen molar-refractivity contribution in [3.63, 3.8) is 0 Å². The number of rotatable bonds is 2. The average Bonchev–Trinajstić information content (AvgIpc) is 2.81. The Morgan fingerprint density at radius 2 is 1.65 bits per heavy atom. The first-order valence-electron chi connectivity index (χ1n) is 7.02. The number of fused-ring (bicyclic) bond motifs is 1. The molecule has 0 aliphatic carbocycles. The van der Waals surface area contributed by atoms with Crippen molar-refractivity contribution < 1.29 is 0 Å². The van der Waals surface area contributed by atoms with E-state index in [0.717, 1.165) is 5.69 Å². The first kappa shape index (κ1) is 13.1. The van der Waals surface area contributed by atoms with Crippen LogP contribution in [0, 0.1) is 6.92 Å². The van der Waals surface area contributed by atoms with Gasteiger partial charge in [-0.2, -0.15) is 5.10 Å². The minimum Gasteiger partial charge on any atom is -0.241 e. The highest BCUT2D eigenvalue weighted by Gasteiger charge is 2.23. The molecule has 0 unspecified atom stereocenters. The second-order valence-electron chi connectivity index (χ2n) is 6.35. The van der Waals surface area contributed by atoms with Crippen molar-refractivity contribution in [1.82, 2.24) is 9.61 Å². The molecule has 0 spiro atoms. The van der Waals surface area contributed by atoms with Gasteiger partial charge in [-0.15, -0.1) is 0 Å². The number of aromatic nitrogens is 2. The lowest BCUT2D eigenvalue weighted by Gasteiger charge is -2.20. The summed E-state index contributed by atoms with van der Waals surface area (Å²) in [5.74, 6) is 0. The Morgan fingerprint density at radius 3 is 2.30 bits per heavy atom. The fourth-order valence-electron chi connectivity index (χ4n) is 2.81. The predicted molar refractivity (Wildman–Crippen MR) is 88.3 cm³/mol. The van der Waals surface area contributed by atoms with Crippen LogP contribution in [0.2, 0.25) is 19.6 Å². The van der Waals surface area contributed by atoms with Gasteiger partial charge in [-0.25, -0.2) is 4.52 Å². The van der Waals surface area contributed by atoms with Crippen molar-refractivity contribution in [1.29, 1.82) is 0 Å². The molecule has 2 aromatic heterocycles. The van der Waals surface area contributed by atoms with Crippen LogP contribution in [-0.4, -0.2) is 17.7 Å². The summed E-state index contributed by atoms with van der Waals surface area (Å²) in [5, 5.41) is 6.28. The van der Waals surface area contributed by atoms with Crippen molar-refractivity contribution in [2.24, 2.45) is 0 Å². The molecular formula is C17H20N2Si. The normalized spacial score (nSPS) is 12.0. The summed E-state index contributed by atoms with van der Waals surface area (Å²) in [5.41, 5.74) is 4.76. The van der Waals surface area contributed by atoms with Gasteiger partial charge in [0.15, 0.2) is 0 Å². The van der Waals surface area contributed by atoms with Crippen LogP contribution in [-0.2, 0) is 0 Å². The number of hydrogen-bond donors (Lipinski definition) is 0. The van der Waals surface area contributed by atoms with E-state index in [1.807, 2.05) is 6.07 Å². The van der Waals surface area contributed by atoms with Gasteiger partial charge in [0.25, 0.3) is 0 Å². The highest BCUT2D eigenvalue weighted by molar-refractivity contribution is 6.88. The number of hydrogen-bond acceptors (Lipinski definition) is 1. The molecule has 0 amide bonds. The molecule has 2 heterocycles. The third kappa shape index (κ3) is 2.18. The van der Waals surface area contributed by atoms with Gasteiger partial charge in [-0.3, -0.25) is 0 Å². The van der Waals surface area contributed by atoms with Gasteiger partial charge >= 0.3 is 0 Å². The molecule has 2 nitrogen and oxygen atoms in total. The molecule has 0 aliphatic rings. The Morgan fingerprint density at radius 1 is 0.950 bits per heavy atom. The van der Waals surface area contributed by atoms with E-state index in [1.54, 1.807) is 0 Å². The molecule has 0 N–H and O–H groups in total. The van der Waals surface area contributed by atoms with E-state index >= 15 is 0 Å². The molecule has 3 rings (SSSR count). The maximum absolute atomic E-state index is 4.86. The summed E-state index contributed by atoms with van der Waals surface area (Å²) in [6.45, 7) is 9.31. The largest absolute Gasteiger partial charge is 0.241 e. The van der Waals surface area contributed by atoms with Gasteiger partial charge < -0.3 is 0 Å². The van der Waals surface area contributed by atoms with E-state index in [9.17, 15) is 0 Å². The Bertz CT molecular complexity index is 752. The topological polar surface area (TPSA) is 17.3 Å². The summed E-state index contributed by atoms with van der Waals surface area (Å²) in [6.07, 6.45) is 0. The fourth-order valence-corrected chi connectivity index (χ4v) is 4.89. The molecule has 0 aliphatic heterocycles. The minimum absolute atomic E-state index is 1.05. The average molecular weight is 280 g/mol. The second-order valence-corrected chi connectivity index (χ2v) is 11.3. The molecule has 0 saturated carbocycles. The van der Waals surface area contributed by atoms with Crippen LogP contribution in [0.5, 0.6) is 0 Å². The highest BCUT2D eigenvalue weighted by atomic mass is 28.3. The van der Waals surface area contributed by atoms with Crippen molar-refractivity contribution in [2.45, 2.75) is 26.6 Å². The van der Waals surface area contributed by atoms with Gasteiger partial charge in [0.05, 0.1) is 11.2 Å². The molecule has 0 atom stereocenters.